The van der Waals surface area contributed by atoms with Crippen molar-refractivity contribution in [2.75, 3.05) is 20.8 Å². The number of carbonyl (C=O) groups excluding carboxylic acids is 1. The smallest absolute Gasteiger partial charge is 0.270 e. The number of imidazole rings is 1. The zero-order valence-electron chi connectivity index (χ0n) is 17.3. The number of likely N-dealkylation sites (tertiary alicyclic amines) is 1. The molecule has 2 aromatic carbocycles. The Balaban J connectivity index is 1.51. The zero-order chi connectivity index (χ0) is 20.8. The van der Waals surface area contributed by atoms with Crippen molar-refractivity contribution >= 4 is 27.8 Å². The molecule has 0 radical (unpaired) electrons. The summed E-state index contributed by atoms with van der Waals surface area (Å²) < 4.78 is 10.9. The van der Waals surface area contributed by atoms with E-state index in [2.05, 4.69) is 29.0 Å². The number of amides is 1. The van der Waals surface area contributed by atoms with Gasteiger partial charge in [-0.2, -0.15) is 0 Å². The Labute approximate surface area is 174 Å². The van der Waals surface area contributed by atoms with Gasteiger partial charge in [-0.1, -0.05) is 6.07 Å². The van der Waals surface area contributed by atoms with Crippen molar-refractivity contribution < 1.29 is 14.3 Å². The van der Waals surface area contributed by atoms with Gasteiger partial charge in [-0.15, -0.1) is 0 Å². The second-order valence-corrected chi connectivity index (χ2v) is 7.74. The molecule has 0 saturated carbocycles. The Morgan fingerprint density at radius 3 is 2.70 bits per heavy atom. The first-order valence-electron chi connectivity index (χ1n) is 10.1. The van der Waals surface area contributed by atoms with Crippen molar-refractivity contribution in [1.29, 1.82) is 0 Å². The van der Waals surface area contributed by atoms with Crippen LogP contribution in [0.2, 0.25) is 0 Å². The van der Waals surface area contributed by atoms with Crippen LogP contribution in [0.25, 0.3) is 21.9 Å². The van der Waals surface area contributed by atoms with Crippen molar-refractivity contribution in [2.24, 2.45) is 0 Å². The van der Waals surface area contributed by atoms with E-state index < -0.39 is 0 Å². The van der Waals surface area contributed by atoms with Crippen LogP contribution in [0.4, 0.5) is 0 Å². The summed E-state index contributed by atoms with van der Waals surface area (Å²) in [5, 5.41) is 0.829. The highest BCUT2D eigenvalue weighted by atomic mass is 16.5. The minimum atomic E-state index is -0.0691. The SMILES string of the molecule is COc1ccc(OC)c2[nH]c(C(=O)N3CCC[C@H]3c3nc4ccc(C)cc4[nH]3)cc12. The Hall–Kier alpha value is -3.48. The number of carbonyl (C=O) groups is 1. The van der Waals surface area contributed by atoms with Gasteiger partial charge in [-0.05, 0) is 55.7 Å². The fourth-order valence-electron chi connectivity index (χ4n) is 4.38. The molecule has 7 heteroatoms. The minimum Gasteiger partial charge on any atom is -0.496 e. The van der Waals surface area contributed by atoms with Crippen LogP contribution in [0.5, 0.6) is 11.5 Å². The number of rotatable bonds is 4. The molecule has 7 nitrogen and oxygen atoms in total. The highest BCUT2D eigenvalue weighted by Crippen LogP contribution is 2.36. The average molecular weight is 404 g/mol. The normalized spacial score (nSPS) is 16.5. The monoisotopic (exact) mass is 404 g/mol. The number of nitrogens with one attached hydrogen (secondary N) is 2. The second kappa shape index (κ2) is 7.09. The van der Waals surface area contributed by atoms with Gasteiger partial charge in [0.15, 0.2) is 0 Å². The van der Waals surface area contributed by atoms with Crippen LogP contribution in [0, 0.1) is 6.92 Å². The number of hydrogen-bond acceptors (Lipinski definition) is 4. The van der Waals surface area contributed by atoms with Gasteiger partial charge in [0.1, 0.15) is 23.0 Å². The maximum atomic E-state index is 13.4. The molecule has 0 spiro atoms. The summed E-state index contributed by atoms with van der Waals surface area (Å²) in [7, 11) is 3.24. The molecular formula is C23H24N4O3. The summed E-state index contributed by atoms with van der Waals surface area (Å²) in [6.07, 6.45) is 1.83. The third-order valence-corrected chi connectivity index (χ3v) is 5.87. The zero-order valence-corrected chi connectivity index (χ0v) is 17.3. The average Bonchev–Trinajstić information content (AvgIpc) is 3.49. The number of fused-ring (bicyclic) bond motifs is 2. The van der Waals surface area contributed by atoms with Crippen LogP contribution in [-0.4, -0.2) is 46.5 Å². The van der Waals surface area contributed by atoms with Crippen LogP contribution in [0.3, 0.4) is 0 Å². The van der Waals surface area contributed by atoms with Crippen LogP contribution in [0.1, 0.15) is 40.8 Å². The van der Waals surface area contributed by atoms with Gasteiger partial charge < -0.3 is 24.3 Å². The largest absolute Gasteiger partial charge is 0.496 e. The standard InChI is InChI=1S/C23H24N4O3/c1-13-6-7-15-16(11-13)26-22(25-15)18-5-4-10-27(18)23(28)17-12-14-19(29-2)8-9-20(30-3)21(14)24-17/h6-9,11-12,18,24H,4-5,10H2,1-3H3,(H,25,26)/t18-/m0/s1. The van der Waals surface area contributed by atoms with Crippen molar-refractivity contribution in [3.8, 4) is 11.5 Å². The van der Waals surface area contributed by atoms with Crippen LogP contribution in [0.15, 0.2) is 36.4 Å². The quantitative estimate of drug-likeness (QED) is 0.530. The molecule has 4 aromatic rings. The van der Waals surface area contributed by atoms with Crippen molar-refractivity contribution in [1.82, 2.24) is 19.9 Å². The topological polar surface area (TPSA) is 83.2 Å². The lowest BCUT2D eigenvalue weighted by Crippen LogP contribution is -2.31. The molecule has 1 aliphatic heterocycles. The van der Waals surface area contributed by atoms with Crippen molar-refractivity contribution in [3.05, 3.63) is 53.5 Å². The second-order valence-electron chi connectivity index (χ2n) is 7.74. The summed E-state index contributed by atoms with van der Waals surface area (Å²) in [6.45, 7) is 2.76. The number of aryl methyl sites for hydroxylation is 1. The third kappa shape index (κ3) is 2.89. The molecule has 154 valence electrons. The lowest BCUT2D eigenvalue weighted by atomic mass is 10.2. The lowest BCUT2D eigenvalue weighted by Gasteiger charge is -2.22. The molecule has 0 bridgehead atoms. The van der Waals surface area contributed by atoms with Gasteiger partial charge in [0, 0.05) is 11.9 Å². The maximum Gasteiger partial charge on any atom is 0.270 e. The molecule has 30 heavy (non-hydrogen) atoms. The van der Waals surface area contributed by atoms with Gasteiger partial charge in [-0.25, -0.2) is 4.98 Å². The van der Waals surface area contributed by atoms with Crippen molar-refractivity contribution in [3.63, 3.8) is 0 Å². The Morgan fingerprint density at radius 2 is 1.90 bits per heavy atom. The van der Waals surface area contributed by atoms with E-state index in [1.54, 1.807) is 14.2 Å². The highest BCUT2D eigenvalue weighted by molar-refractivity contribution is 6.01. The van der Waals surface area contributed by atoms with E-state index in [1.165, 1.54) is 5.56 Å². The summed E-state index contributed by atoms with van der Waals surface area (Å²) in [5.41, 5.74) is 4.39. The predicted octanol–water partition coefficient (Wildman–Crippen LogP) is 4.35. The van der Waals surface area contributed by atoms with Gasteiger partial charge in [0.05, 0.1) is 36.8 Å². The van der Waals surface area contributed by atoms with E-state index >= 15 is 0 Å². The van der Waals surface area contributed by atoms with Gasteiger partial charge in [0.25, 0.3) is 5.91 Å². The Kier molecular flexibility index (Phi) is 4.38. The van der Waals surface area contributed by atoms with E-state index in [-0.39, 0.29) is 11.9 Å². The fourth-order valence-corrected chi connectivity index (χ4v) is 4.38. The summed E-state index contributed by atoms with van der Waals surface area (Å²) in [4.78, 5) is 26.8. The molecule has 0 unspecified atom stereocenters. The predicted molar refractivity (Wildman–Crippen MR) is 115 cm³/mol. The molecule has 3 heterocycles. The molecule has 5 rings (SSSR count). The van der Waals surface area contributed by atoms with Gasteiger partial charge in [-0.3, -0.25) is 4.79 Å². The number of ether oxygens (including phenoxy) is 2. The highest BCUT2D eigenvalue weighted by Gasteiger charge is 2.33. The summed E-state index contributed by atoms with van der Waals surface area (Å²) >= 11 is 0. The Bertz CT molecular complexity index is 1220. The van der Waals surface area contributed by atoms with E-state index in [4.69, 9.17) is 14.5 Å². The maximum absolute atomic E-state index is 13.4. The van der Waals surface area contributed by atoms with Crippen LogP contribution < -0.4 is 9.47 Å². The summed E-state index contributed by atoms with van der Waals surface area (Å²) in [5.74, 6) is 2.17. The first-order valence-corrected chi connectivity index (χ1v) is 10.1. The number of nitrogens with zero attached hydrogens (tertiary/aromatic N) is 2. The summed E-state index contributed by atoms with van der Waals surface area (Å²) in [6, 6.07) is 11.6. The number of aromatic amines is 2. The van der Waals surface area contributed by atoms with Gasteiger partial charge >= 0.3 is 0 Å². The molecule has 1 atom stereocenters. The Morgan fingerprint density at radius 1 is 1.10 bits per heavy atom. The number of aromatic nitrogens is 3. The van der Waals surface area contributed by atoms with Crippen LogP contribution in [-0.2, 0) is 0 Å². The number of methoxy groups -OCH3 is 2. The third-order valence-electron chi connectivity index (χ3n) is 5.87. The lowest BCUT2D eigenvalue weighted by molar-refractivity contribution is 0.0725. The van der Waals surface area contributed by atoms with Crippen molar-refractivity contribution in [2.45, 2.75) is 25.8 Å². The van der Waals surface area contributed by atoms with E-state index in [9.17, 15) is 4.79 Å². The van der Waals surface area contributed by atoms with Gasteiger partial charge in [0.2, 0.25) is 0 Å². The molecular weight excluding hydrogens is 380 g/mol. The fraction of sp³-hybridized carbons (Fsp3) is 0.304. The molecule has 1 aliphatic rings. The van der Waals surface area contributed by atoms with E-state index in [0.29, 0.717) is 23.7 Å². The van der Waals surface area contributed by atoms with E-state index in [0.717, 1.165) is 40.6 Å². The number of H-pyrrole nitrogens is 2. The van der Waals surface area contributed by atoms with Crippen LogP contribution >= 0.6 is 0 Å². The molecule has 2 aromatic heterocycles. The molecule has 0 aliphatic carbocycles. The first-order chi connectivity index (χ1) is 14.6. The number of hydrogen-bond donors (Lipinski definition) is 2. The number of benzene rings is 2. The minimum absolute atomic E-state index is 0.0468. The molecule has 1 amide bonds. The van der Waals surface area contributed by atoms with E-state index in [1.807, 2.05) is 29.2 Å². The molecule has 1 fully saturated rings. The molecule has 1 saturated heterocycles. The first kappa shape index (κ1) is 18.5. The molecule has 2 N–H and O–H groups in total.